The lowest BCUT2D eigenvalue weighted by atomic mass is 10.2. The predicted octanol–water partition coefficient (Wildman–Crippen LogP) is 3.02. The second kappa shape index (κ2) is 6.30. The summed E-state index contributed by atoms with van der Waals surface area (Å²) in [5.41, 5.74) is 0.993. The van der Waals surface area contributed by atoms with Gasteiger partial charge in [0.05, 0.1) is 17.3 Å². The lowest BCUT2D eigenvalue weighted by molar-refractivity contribution is -0.137. The molecule has 0 radical (unpaired) electrons. The van der Waals surface area contributed by atoms with Crippen molar-refractivity contribution in [3.05, 3.63) is 29.6 Å². The predicted molar refractivity (Wildman–Crippen MR) is 72.0 cm³/mol. The standard InChI is InChI=1S/C13H16F4N4/c14-10-6-5-8(13(15,16)17)7-11(10)20-12(21-18)19-9-3-1-2-4-9/h5-7,9H,1-4,18H2,(H2,19,20,21). The van der Waals surface area contributed by atoms with E-state index in [-0.39, 0.29) is 17.7 Å². The zero-order chi connectivity index (χ0) is 15.5. The van der Waals surface area contributed by atoms with E-state index in [9.17, 15) is 17.6 Å². The Hall–Kier alpha value is -1.83. The van der Waals surface area contributed by atoms with Crippen LogP contribution < -0.4 is 16.6 Å². The van der Waals surface area contributed by atoms with Crippen molar-refractivity contribution in [2.75, 3.05) is 5.32 Å². The fraction of sp³-hybridized carbons (Fsp3) is 0.462. The van der Waals surface area contributed by atoms with Gasteiger partial charge in [-0.3, -0.25) is 5.43 Å². The van der Waals surface area contributed by atoms with Crippen LogP contribution in [0.15, 0.2) is 23.2 Å². The number of hydrogen-bond acceptors (Lipinski definition) is 2. The first-order valence-electron chi connectivity index (χ1n) is 6.58. The molecule has 1 aromatic carbocycles. The van der Waals surface area contributed by atoms with Crippen molar-refractivity contribution in [1.29, 1.82) is 0 Å². The van der Waals surface area contributed by atoms with Crippen molar-refractivity contribution in [1.82, 2.24) is 5.43 Å². The summed E-state index contributed by atoms with van der Waals surface area (Å²) in [5, 5.41) is 2.48. The molecule has 1 aliphatic rings. The SMILES string of the molecule is NNC(=NC1CCCC1)Nc1cc(C(F)(F)F)ccc1F. The maximum Gasteiger partial charge on any atom is 0.416 e. The fourth-order valence-corrected chi connectivity index (χ4v) is 2.25. The van der Waals surface area contributed by atoms with Gasteiger partial charge in [-0.2, -0.15) is 13.2 Å². The molecule has 4 N–H and O–H groups in total. The zero-order valence-electron chi connectivity index (χ0n) is 11.2. The van der Waals surface area contributed by atoms with Crippen molar-refractivity contribution in [3.8, 4) is 0 Å². The van der Waals surface area contributed by atoms with Gasteiger partial charge in [0.1, 0.15) is 5.82 Å². The van der Waals surface area contributed by atoms with Crippen LogP contribution in [-0.4, -0.2) is 12.0 Å². The molecule has 116 valence electrons. The molecule has 0 saturated heterocycles. The first kappa shape index (κ1) is 15.6. The minimum Gasteiger partial charge on any atom is -0.323 e. The molecule has 1 aromatic rings. The van der Waals surface area contributed by atoms with Gasteiger partial charge in [0.25, 0.3) is 0 Å². The van der Waals surface area contributed by atoms with E-state index in [0.29, 0.717) is 12.1 Å². The normalized spacial score (nSPS) is 17.1. The largest absolute Gasteiger partial charge is 0.416 e. The van der Waals surface area contributed by atoms with Crippen LogP contribution in [-0.2, 0) is 6.18 Å². The summed E-state index contributed by atoms with van der Waals surface area (Å²) in [5.74, 6) is 4.53. The third-order valence-corrected chi connectivity index (χ3v) is 3.32. The molecule has 0 aliphatic heterocycles. The highest BCUT2D eigenvalue weighted by Gasteiger charge is 2.31. The number of nitrogens with zero attached hydrogens (tertiary/aromatic N) is 1. The van der Waals surface area contributed by atoms with Gasteiger partial charge >= 0.3 is 6.18 Å². The molecule has 21 heavy (non-hydrogen) atoms. The number of benzene rings is 1. The number of halogens is 4. The number of guanidine groups is 1. The fourth-order valence-electron chi connectivity index (χ4n) is 2.25. The highest BCUT2D eigenvalue weighted by molar-refractivity contribution is 5.93. The minimum absolute atomic E-state index is 0.0532. The Morgan fingerprint density at radius 2 is 1.90 bits per heavy atom. The Morgan fingerprint density at radius 1 is 1.24 bits per heavy atom. The van der Waals surface area contributed by atoms with E-state index in [0.717, 1.165) is 31.7 Å². The second-order valence-corrected chi connectivity index (χ2v) is 4.88. The average Bonchev–Trinajstić information content (AvgIpc) is 2.92. The molecule has 0 unspecified atom stereocenters. The zero-order valence-corrected chi connectivity index (χ0v) is 11.2. The summed E-state index contributed by atoms with van der Waals surface area (Å²) in [4.78, 5) is 4.24. The smallest absolute Gasteiger partial charge is 0.323 e. The number of rotatable bonds is 2. The van der Waals surface area contributed by atoms with Gasteiger partial charge in [-0.15, -0.1) is 0 Å². The van der Waals surface area contributed by atoms with Gasteiger partial charge in [-0.05, 0) is 31.0 Å². The summed E-state index contributed by atoms with van der Waals surface area (Å²) in [6, 6.07) is 2.19. The summed E-state index contributed by atoms with van der Waals surface area (Å²) in [7, 11) is 0. The lowest BCUT2D eigenvalue weighted by Crippen LogP contribution is -2.37. The van der Waals surface area contributed by atoms with Crippen LogP contribution in [0.1, 0.15) is 31.2 Å². The van der Waals surface area contributed by atoms with E-state index in [1.54, 1.807) is 0 Å². The van der Waals surface area contributed by atoms with E-state index in [4.69, 9.17) is 5.84 Å². The van der Waals surface area contributed by atoms with E-state index in [2.05, 4.69) is 15.7 Å². The van der Waals surface area contributed by atoms with Gasteiger partial charge in [-0.25, -0.2) is 15.2 Å². The van der Waals surface area contributed by atoms with Crippen LogP contribution in [0.4, 0.5) is 23.2 Å². The van der Waals surface area contributed by atoms with Crippen molar-refractivity contribution < 1.29 is 17.6 Å². The number of anilines is 1. The Kier molecular flexibility index (Phi) is 4.66. The highest BCUT2D eigenvalue weighted by atomic mass is 19.4. The van der Waals surface area contributed by atoms with Crippen LogP contribution in [0.25, 0.3) is 0 Å². The van der Waals surface area contributed by atoms with Crippen LogP contribution in [0.3, 0.4) is 0 Å². The Balaban J connectivity index is 2.20. The summed E-state index contributed by atoms with van der Waals surface area (Å²) >= 11 is 0. The first-order valence-corrected chi connectivity index (χ1v) is 6.58. The summed E-state index contributed by atoms with van der Waals surface area (Å²) in [6.45, 7) is 0. The molecule has 8 heteroatoms. The Labute approximate surface area is 119 Å². The van der Waals surface area contributed by atoms with E-state index in [1.807, 2.05) is 0 Å². The molecule has 0 spiro atoms. The molecule has 1 aliphatic carbocycles. The molecule has 0 amide bonds. The van der Waals surface area contributed by atoms with Crippen LogP contribution in [0.5, 0.6) is 0 Å². The molecule has 0 bridgehead atoms. The summed E-state index contributed by atoms with van der Waals surface area (Å²) < 4.78 is 51.5. The third kappa shape index (κ3) is 4.07. The monoisotopic (exact) mass is 304 g/mol. The number of hydrogen-bond donors (Lipinski definition) is 3. The molecule has 1 saturated carbocycles. The average molecular weight is 304 g/mol. The van der Waals surface area contributed by atoms with Gasteiger partial charge in [-0.1, -0.05) is 12.8 Å². The highest BCUT2D eigenvalue weighted by Crippen LogP contribution is 2.31. The van der Waals surface area contributed by atoms with Crippen molar-refractivity contribution in [2.24, 2.45) is 10.8 Å². The molecule has 0 atom stereocenters. The molecule has 1 fully saturated rings. The van der Waals surface area contributed by atoms with E-state index in [1.165, 1.54) is 0 Å². The van der Waals surface area contributed by atoms with Crippen LogP contribution in [0, 0.1) is 5.82 Å². The number of hydrazine groups is 1. The van der Waals surface area contributed by atoms with Crippen molar-refractivity contribution >= 4 is 11.6 Å². The number of aliphatic imine (C=N–C) groups is 1. The maximum absolute atomic E-state index is 13.6. The van der Waals surface area contributed by atoms with Gasteiger partial charge in [0.2, 0.25) is 5.96 Å². The third-order valence-electron chi connectivity index (χ3n) is 3.32. The Morgan fingerprint density at radius 3 is 2.48 bits per heavy atom. The quantitative estimate of drug-likeness (QED) is 0.259. The summed E-state index contributed by atoms with van der Waals surface area (Å²) in [6.07, 6.45) is -0.674. The number of nitrogens with two attached hydrogens (primary N) is 1. The van der Waals surface area contributed by atoms with Gasteiger partial charge < -0.3 is 5.32 Å². The number of nitrogens with one attached hydrogen (secondary N) is 2. The van der Waals surface area contributed by atoms with Crippen LogP contribution in [0.2, 0.25) is 0 Å². The molecular formula is C13H16F4N4. The molecule has 0 heterocycles. The van der Waals surface area contributed by atoms with Crippen molar-refractivity contribution in [2.45, 2.75) is 37.9 Å². The molecule has 4 nitrogen and oxygen atoms in total. The Bertz CT molecular complexity index is 521. The minimum atomic E-state index is -4.54. The topological polar surface area (TPSA) is 62.4 Å². The van der Waals surface area contributed by atoms with E-state index >= 15 is 0 Å². The van der Waals surface area contributed by atoms with E-state index < -0.39 is 17.6 Å². The first-order chi connectivity index (χ1) is 9.90. The van der Waals surface area contributed by atoms with Crippen LogP contribution >= 0.6 is 0 Å². The van der Waals surface area contributed by atoms with Crippen molar-refractivity contribution in [3.63, 3.8) is 0 Å². The number of alkyl halides is 3. The molecule has 0 aromatic heterocycles. The lowest BCUT2D eigenvalue weighted by Gasteiger charge is -2.14. The second-order valence-electron chi connectivity index (χ2n) is 4.88. The maximum atomic E-state index is 13.6. The molecular weight excluding hydrogens is 288 g/mol. The molecule has 2 rings (SSSR count). The van der Waals surface area contributed by atoms with Gasteiger partial charge in [0.15, 0.2) is 0 Å². The van der Waals surface area contributed by atoms with Gasteiger partial charge in [0, 0.05) is 0 Å².